The highest BCUT2D eigenvalue weighted by molar-refractivity contribution is 6.99. The Morgan fingerprint density at radius 2 is 1.56 bits per heavy atom. The average molecular weight is 479 g/mol. The van der Waals surface area contributed by atoms with Crippen LogP contribution >= 0.6 is 0 Å². The van der Waals surface area contributed by atoms with Gasteiger partial charge in [0.15, 0.2) is 12.5 Å². The first-order valence-corrected chi connectivity index (χ1v) is 13.2. The van der Waals surface area contributed by atoms with Crippen molar-refractivity contribution in [2.24, 2.45) is 0 Å². The lowest BCUT2D eigenvalue weighted by Gasteiger charge is -2.44. The normalized spacial score (nSPS) is 19.3. The molecule has 1 aromatic heterocycles. The van der Waals surface area contributed by atoms with Crippen molar-refractivity contribution in [3.8, 4) is 0 Å². The van der Waals surface area contributed by atoms with Crippen LogP contribution in [0.5, 0.6) is 0 Å². The molecule has 0 fully saturated rings. The van der Waals surface area contributed by atoms with Crippen molar-refractivity contribution in [3.05, 3.63) is 105 Å². The van der Waals surface area contributed by atoms with Crippen molar-refractivity contribution in [1.29, 1.82) is 0 Å². The zero-order valence-corrected chi connectivity index (χ0v) is 20.8. The fourth-order valence-electron chi connectivity index (χ4n) is 4.49. The number of aryl methyl sites for hydroxylation is 1. The number of hydrogen-bond acceptors (Lipinski definition) is 5. The summed E-state index contributed by atoms with van der Waals surface area (Å²) in [4.78, 5) is 26.3. The van der Waals surface area contributed by atoms with Gasteiger partial charge in [0, 0.05) is 11.8 Å². The molecule has 1 aliphatic heterocycles. The van der Waals surface area contributed by atoms with Crippen molar-refractivity contribution in [2.75, 3.05) is 0 Å². The number of H-pyrrole nitrogens is 1. The Morgan fingerprint density at radius 3 is 2.09 bits per heavy atom. The number of aromatic nitrogens is 2. The average Bonchev–Trinajstić information content (AvgIpc) is 3.30. The van der Waals surface area contributed by atoms with Crippen LogP contribution in [0.1, 0.15) is 32.6 Å². The highest BCUT2D eigenvalue weighted by atomic mass is 28.4. The Balaban J connectivity index is 1.68. The molecule has 178 valence electrons. The molecule has 3 atom stereocenters. The molecule has 0 saturated carbocycles. The van der Waals surface area contributed by atoms with E-state index in [0.29, 0.717) is 5.56 Å². The van der Waals surface area contributed by atoms with Crippen LogP contribution in [0.3, 0.4) is 0 Å². The van der Waals surface area contributed by atoms with E-state index in [1.54, 1.807) is 19.1 Å². The molecule has 1 aliphatic rings. The van der Waals surface area contributed by atoms with Crippen LogP contribution in [0.4, 0.5) is 0 Å². The lowest BCUT2D eigenvalue weighted by molar-refractivity contribution is -0.131. The number of aliphatic hydroxyl groups excluding tert-OH is 1. The van der Waals surface area contributed by atoms with Gasteiger partial charge in [0.2, 0.25) is 0 Å². The van der Waals surface area contributed by atoms with Crippen LogP contribution in [0.15, 0.2) is 88.6 Å². The fourth-order valence-corrected chi connectivity index (χ4v) is 9.00. The second-order valence-electron chi connectivity index (χ2n) is 9.53. The first kappa shape index (κ1) is 24.1. The van der Waals surface area contributed by atoms with E-state index in [2.05, 4.69) is 25.8 Å². The molecule has 4 rings (SSSR count). The van der Waals surface area contributed by atoms with E-state index in [4.69, 9.17) is 9.16 Å². The van der Waals surface area contributed by atoms with Gasteiger partial charge in [-0.2, -0.15) is 0 Å². The molecular formula is C26H30N2O5Si. The van der Waals surface area contributed by atoms with Gasteiger partial charge in [0.05, 0.1) is 0 Å². The number of ether oxygens (including phenoxy) is 1. The Morgan fingerprint density at radius 1 is 1.00 bits per heavy atom. The third-order valence-corrected chi connectivity index (χ3v) is 11.2. The Bertz CT molecular complexity index is 1240. The Labute approximate surface area is 199 Å². The molecule has 2 N–H and O–H groups in total. The van der Waals surface area contributed by atoms with E-state index >= 15 is 0 Å². The lowest BCUT2D eigenvalue weighted by atomic mass is 10.2. The molecule has 0 radical (unpaired) electrons. The number of benzene rings is 2. The molecule has 2 aromatic carbocycles. The minimum atomic E-state index is -2.99. The zero-order valence-electron chi connectivity index (χ0n) is 19.8. The van der Waals surface area contributed by atoms with Gasteiger partial charge in [0.25, 0.3) is 13.9 Å². The maximum atomic E-state index is 12.3. The van der Waals surface area contributed by atoms with Crippen LogP contribution in [-0.4, -0.2) is 35.4 Å². The van der Waals surface area contributed by atoms with Gasteiger partial charge in [-0.3, -0.25) is 14.3 Å². The van der Waals surface area contributed by atoms with Gasteiger partial charge >= 0.3 is 5.69 Å². The quantitative estimate of drug-likeness (QED) is 0.322. The van der Waals surface area contributed by atoms with Crippen LogP contribution in [0.2, 0.25) is 5.04 Å². The zero-order chi connectivity index (χ0) is 24.5. The van der Waals surface area contributed by atoms with Crippen molar-refractivity contribution < 1.29 is 14.3 Å². The number of nitrogens with zero attached hydrogens (tertiary/aromatic N) is 1. The predicted molar refractivity (Wildman–Crippen MR) is 134 cm³/mol. The summed E-state index contributed by atoms with van der Waals surface area (Å²) in [5.41, 5.74) is -0.618. The van der Waals surface area contributed by atoms with E-state index in [1.807, 2.05) is 60.7 Å². The summed E-state index contributed by atoms with van der Waals surface area (Å²) in [5, 5.41) is 13.1. The third kappa shape index (κ3) is 4.37. The summed E-state index contributed by atoms with van der Waals surface area (Å²) in [6.07, 6.45) is 2.01. The van der Waals surface area contributed by atoms with E-state index in [-0.39, 0.29) is 5.04 Å². The van der Waals surface area contributed by atoms with Crippen molar-refractivity contribution >= 4 is 18.7 Å². The van der Waals surface area contributed by atoms with Crippen LogP contribution in [-0.2, 0) is 9.16 Å². The predicted octanol–water partition coefficient (Wildman–Crippen LogP) is 2.19. The number of aliphatic hydroxyl groups is 1. The largest absolute Gasteiger partial charge is 0.381 e. The van der Waals surface area contributed by atoms with Crippen LogP contribution in [0, 0.1) is 6.92 Å². The van der Waals surface area contributed by atoms with E-state index in [0.717, 1.165) is 10.4 Å². The molecule has 1 unspecified atom stereocenters. The second-order valence-corrected chi connectivity index (χ2v) is 13.8. The number of hydrogen-bond donors (Lipinski definition) is 2. The SMILES string of the molecule is Cc1cn([C@H]2C=C[C@@H](C(O)O[Si](c3ccccc3)(c3ccccc3)C(C)(C)C)O2)c(=O)[nH]c1=O. The third-order valence-electron chi connectivity index (χ3n) is 6.18. The topological polar surface area (TPSA) is 93.6 Å². The van der Waals surface area contributed by atoms with Crippen molar-refractivity contribution in [3.63, 3.8) is 0 Å². The smallest absolute Gasteiger partial charge is 0.330 e. The summed E-state index contributed by atoms with van der Waals surface area (Å²) in [5.74, 6) is 0. The summed E-state index contributed by atoms with van der Waals surface area (Å²) in [6.45, 7) is 8.00. The van der Waals surface area contributed by atoms with Crippen molar-refractivity contribution in [2.45, 2.75) is 51.4 Å². The monoisotopic (exact) mass is 478 g/mol. The summed E-state index contributed by atoms with van der Waals surface area (Å²) < 4.78 is 14.0. The summed E-state index contributed by atoms with van der Waals surface area (Å²) >= 11 is 0. The fraction of sp³-hybridized carbons (Fsp3) is 0.308. The Hall–Kier alpha value is -3.04. The van der Waals surface area contributed by atoms with Gasteiger partial charge in [-0.25, -0.2) is 4.79 Å². The molecule has 0 spiro atoms. The van der Waals surface area contributed by atoms with Gasteiger partial charge in [-0.05, 0) is 28.4 Å². The molecule has 8 heteroatoms. The van der Waals surface area contributed by atoms with Gasteiger partial charge in [-0.15, -0.1) is 0 Å². The number of aromatic amines is 1. The second kappa shape index (κ2) is 9.30. The highest BCUT2D eigenvalue weighted by Crippen LogP contribution is 2.38. The van der Waals surface area contributed by atoms with Crippen LogP contribution in [0.25, 0.3) is 0 Å². The van der Waals surface area contributed by atoms with Gasteiger partial charge in [0.1, 0.15) is 6.10 Å². The van der Waals surface area contributed by atoms with E-state index in [1.165, 1.54) is 10.8 Å². The molecule has 0 amide bonds. The molecule has 0 saturated heterocycles. The Kier molecular flexibility index (Phi) is 6.59. The summed E-state index contributed by atoms with van der Waals surface area (Å²) in [7, 11) is -2.99. The number of nitrogens with one attached hydrogen (secondary N) is 1. The molecule has 3 aromatic rings. The molecule has 7 nitrogen and oxygen atoms in total. The minimum Gasteiger partial charge on any atom is -0.381 e. The molecule has 0 aliphatic carbocycles. The lowest BCUT2D eigenvalue weighted by Crippen LogP contribution is -2.68. The molecular weight excluding hydrogens is 448 g/mol. The first-order valence-electron chi connectivity index (χ1n) is 11.3. The van der Waals surface area contributed by atoms with Gasteiger partial charge < -0.3 is 14.3 Å². The van der Waals surface area contributed by atoms with E-state index < -0.39 is 38.2 Å². The van der Waals surface area contributed by atoms with E-state index in [9.17, 15) is 14.7 Å². The minimum absolute atomic E-state index is 0.314. The maximum Gasteiger partial charge on any atom is 0.330 e. The first-order chi connectivity index (χ1) is 16.1. The van der Waals surface area contributed by atoms with Crippen molar-refractivity contribution in [1.82, 2.24) is 9.55 Å². The maximum absolute atomic E-state index is 12.3. The highest BCUT2D eigenvalue weighted by Gasteiger charge is 2.52. The molecule has 34 heavy (non-hydrogen) atoms. The molecule has 2 heterocycles. The summed E-state index contributed by atoms with van der Waals surface area (Å²) in [6, 6.07) is 20.0. The molecule has 0 bridgehead atoms. The van der Waals surface area contributed by atoms with Gasteiger partial charge in [-0.1, -0.05) is 87.5 Å². The van der Waals surface area contributed by atoms with Crippen LogP contribution < -0.4 is 21.6 Å². The number of rotatable bonds is 6. The standard InChI is InChI=1S/C26H30N2O5Si/c1-18-17-28(25(31)27-23(18)29)22-16-15-21(32-22)24(30)33-34(26(2,3)4,19-11-7-5-8-12-19)20-13-9-6-10-14-20/h5-17,21-22,24,30H,1-4H3,(H,27,29,31)/t21-,22+,24?/m0/s1.